The van der Waals surface area contributed by atoms with Crippen LogP contribution in [0.2, 0.25) is 0 Å². The van der Waals surface area contributed by atoms with Crippen molar-refractivity contribution in [2.24, 2.45) is 0 Å². The molecule has 1 saturated heterocycles. The molecule has 2 atom stereocenters. The fourth-order valence-corrected chi connectivity index (χ4v) is 6.52. The lowest BCUT2D eigenvalue weighted by Crippen LogP contribution is -2.60. The van der Waals surface area contributed by atoms with Gasteiger partial charge in [-0.1, -0.05) is 119 Å². The molecule has 0 aliphatic carbocycles. The van der Waals surface area contributed by atoms with Gasteiger partial charge in [0, 0.05) is 43.2 Å². The number of piperazine rings is 1. The van der Waals surface area contributed by atoms with Crippen molar-refractivity contribution in [3.05, 3.63) is 142 Å². The molecule has 0 aromatic heterocycles. The Balaban J connectivity index is 1.52. The maximum absolute atomic E-state index is 14.4. The van der Waals surface area contributed by atoms with Crippen molar-refractivity contribution in [3.63, 3.8) is 0 Å². The Labute approximate surface area is 282 Å². The average Bonchev–Trinajstić information content (AvgIpc) is 3.03. The third-order valence-electron chi connectivity index (χ3n) is 8.26. The van der Waals surface area contributed by atoms with Crippen LogP contribution < -0.4 is 0 Å². The topological polar surface area (TPSA) is 53.1 Å². The minimum atomic E-state index is -0.672. The first-order valence-corrected chi connectivity index (χ1v) is 16.8. The Morgan fingerprint density at radius 1 is 0.804 bits per heavy atom. The summed E-state index contributed by atoms with van der Waals surface area (Å²) in [4.78, 5) is 34.2. The Hall–Kier alpha value is -3.94. The van der Waals surface area contributed by atoms with E-state index < -0.39 is 17.7 Å². The van der Waals surface area contributed by atoms with Crippen LogP contribution in [0.1, 0.15) is 49.4 Å². The highest BCUT2D eigenvalue weighted by Gasteiger charge is 2.41. The van der Waals surface area contributed by atoms with E-state index in [0.717, 1.165) is 10.0 Å². The van der Waals surface area contributed by atoms with Crippen LogP contribution in [0.15, 0.2) is 120 Å². The van der Waals surface area contributed by atoms with Crippen LogP contribution in [0.5, 0.6) is 0 Å². The van der Waals surface area contributed by atoms with Gasteiger partial charge in [0.1, 0.15) is 11.6 Å². The lowest BCUT2D eigenvalue weighted by molar-refractivity contribution is -0.143. The maximum Gasteiger partial charge on any atom is 0.411 e. The summed E-state index contributed by atoms with van der Waals surface area (Å²) in [6.07, 6.45) is 0.739. The molecule has 7 heteroatoms. The minimum Gasteiger partial charge on any atom is -0.444 e. The van der Waals surface area contributed by atoms with Crippen molar-refractivity contribution < 1.29 is 14.3 Å². The zero-order valence-corrected chi connectivity index (χ0v) is 28.6. The standard InChI is InChI=1S/C39H44BrN3O3/c1-39(2,3)46-38(45)43-23-22-41(27-30-14-7-4-8-15-30)37(44)36(43)26-35(25-33-20-13-21-34(40)24-33)42(28-31-16-9-5-10-17-31)29-32-18-11-6-12-19-32/h4-21,24,35-36H,22-23,25-29H2,1-3H3/t35-,36-/m0/s1. The van der Waals surface area contributed by atoms with Gasteiger partial charge in [-0.25, -0.2) is 4.79 Å². The van der Waals surface area contributed by atoms with E-state index in [0.29, 0.717) is 45.6 Å². The molecule has 6 nitrogen and oxygen atoms in total. The van der Waals surface area contributed by atoms with Crippen molar-refractivity contribution in [3.8, 4) is 0 Å². The van der Waals surface area contributed by atoms with E-state index in [1.807, 2.05) is 74.2 Å². The Bertz CT molecular complexity index is 1520. The number of hydrogen-bond acceptors (Lipinski definition) is 4. The van der Waals surface area contributed by atoms with E-state index in [4.69, 9.17) is 4.74 Å². The molecule has 0 N–H and O–H groups in total. The molecule has 4 aromatic rings. The van der Waals surface area contributed by atoms with Crippen LogP contribution in [-0.2, 0) is 35.6 Å². The van der Waals surface area contributed by atoms with Crippen molar-refractivity contribution in [1.82, 2.24) is 14.7 Å². The van der Waals surface area contributed by atoms with Crippen molar-refractivity contribution in [1.29, 1.82) is 0 Å². The number of carbonyl (C=O) groups is 2. The highest BCUT2D eigenvalue weighted by atomic mass is 79.9. The quantitative estimate of drug-likeness (QED) is 0.161. The lowest BCUT2D eigenvalue weighted by Gasteiger charge is -2.43. The normalized spacial score (nSPS) is 16.0. The number of benzene rings is 4. The highest BCUT2D eigenvalue weighted by Crippen LogP contribution is 2.27. The summed E-state index contributed by atoms with van der Waals surface area (Å²) in [5.41, 5.74) is 3.96. The minimum absolute atomic E-state index is 0.0421. The van der Waals surface area contributed by atoms with Gasteiger partial charge in [0.2, 0.25) is 5.91 Å². The van der Waals surface area contributed by atoms with Gasteiger partial charge in [-0.2, -0.15) is 0 Å². The summed E-state index contributed by atoms with van der Waals surface area (Å²) in [6, 6.07) is 38.6. The van der Waals surface area contributed by atoms with E-state index in [1.54, 1.807) is 4.90 Å². The molecule has 1 fully saturated rings. The van der Waals surface area contributed by atoms with Gasteiger partial charge in [0.25, 0.3) is 0 Å². The summed E-state index contributed by atoms with van der Waals surface area (Å²) in [5.74, 6) is -0.0421. The van der Waals surface area contributed by atoms with Crippen LogP contribution in [0.25, 0.3) is 0 Å². The summed E-state index contributed by atoms with van der Waals surface area (Å²) >= 11 is 3.66. The van der Waals surface area contributed by atoms with Gasteiger partial charge < -0.3 is 9.64 Å². The first-order valence-electron chi connectivity index (χ1n) is 16.0. The molecule has 0 radical (unpaired) electrons. The van der Waals surface area contributed by atoms with E-state index in [2.05, 4.69) is 87.6 Å². The van der Waals surface area contributed by atoms with Gasteiger partial charge in [-0.15, -0.1) is 0 Å². The molecular weight excluding hydrogens is 638 g/mol. The highest BCUT2D eigenvalue weighted by molar-refractivity contribution is 9.10. The second kappa shape index (κ2) is 15.6. The summed E-state index contributed by atoms with van der Waals surface area (Å²) in [7, 11) is 0. The predicted molar refractivity (Wildman–Crippen MR) is 187 cm³/mol. The van der Waals surface area contributed by atoms with Crippen LogP contribution in [0.3, 0.4) is 0 Å². The van der Waals surface area contributed by atoms with E-state index in [-0.39, 0.29) is 11.9 Å². The Kier molecular flexibility index (Phi) is 11.3. The molecule has 1 aliphatic heterocycles. The molecule has 1 aliphatic rings. The third-order valence-corrected chi connectivity index (χ3v) is 8.75. The average molecular weight is 683 g/mol. The van der Waals surface area contributed by atoms with Gasteiger partial charge in [-0.3, -0.25) is 14.6 Å². The fourth-order valence-electron chi connectivity index (χ4n) is 6.07. The van der Waals surface area contributed by atoms with Gasteiger partial charge in [0.15, 0.2) is 0 Å². The van der Waals surface area contributed by atoms with Gasteiger partial charge in [0.05, 0.1) is 0 Å². The Morgan fingerprint density at radius 3 is 1.89 bits per heavy atom. The SMILES string of the molecule is CC(C)(C)OC(=O)N1CCN(Cc2ccccc2)C(=O)[C@@H]1C[C@H](Cc1cccc(Br)c1)N(Cc1ccccc1)Cc1ccccc1. The number of rotatable bonds is 11. The predicted octanol–water partition coefficient (Wildman–Crippen LogP) is 8.10. The Morgan fingerprint density at radius 2 is 1.35 bits per heavy atom. The largest absolute Gasteiger partial charge is 0.444 e. The molecular formula is C39H44BrN3O3. The van der Waals surface area contributed by atoms with Crippen LogP contribution in [0.4, 0.5) is 4.79 Å². The molecule has 0 saturated carbocycles. The molecule has 0 spiro atoms. The van der Waals surface area contributed by atoms with E-state index >= 15 is 0 Å². The first-order chi connectivity index (χ1) is 22.1. The number of nitrogens with zero attached hydrogens (tertiary/aromatic N) is 3. The summed E-state index contributed by atoms with van der Waals surface area (Å²) in [6.45, 7) is 8.38. The molecule has 2 amide bonds. The van der Waals surface area contributed by atoms with Crippen molar-refractivity contribution in [2.45, 2.75) is 70.9 Å². The van der Waals surface area contributed by atoms with Gasteiger partial charge in [-0.05, 0) is 68.0 Å². The lowest BCUT2D eigenvalue weighted by atomic mass is 9.94. The van der Waals surface area contributed by atoms with Crippen molar-refractivity contribution in [2.75, 3.05) is 13.1 Å². The fraction of sp³-hybridized carbons (Fsp3) is 0.333. The van der Waals surface area contributed by atoms with E-state index in [9.17, 15) is 9.59 Å². The second-order valence-corrected chi connectivity index (χ2v) is 14.0. The van der Waals surface area contributed by atoms with Crippen LogP contribution in [-0.4, -0.2) is 57.5 Å². The second-order valence-electron chi connectivity index (χ2n) is 13.0. The van der Waals surface area contributed by atoms with Gasteiger partial charge >= 0.3 is 6.09 Å². The molecule has 46 heavy (non-hydrogen) atoms. The number of hydrogen-bond donors (Lipinski definition) is 0. The smallest absolute Gasteiger partial charge is 0.411 e. The number of halogens is 1. The molecule has 5 rings (SSSR count). The zero-order valence-electron chi connectivity index (χ0n) is 27.0. The number of amides is 2. The monoisotopic (exact) mass is 681 g/mol. The summed E-state index contributed by atoms with van der Waals surface area (Å²) in [5, 5.41) is 0. The van der Waals surface area contributed by atoms with Crippen LogP contribution >= 0.6 is 15.9 Å². The van der Waals surface area contributed by atoms with E-state index in [1.165, 1.54) is 16.7 Å². The molecule has 0 unspecified atom stereocenters. The molecule has 1 heterocycles. The van der Waals surface area contributed by atoms with Crippen LogP contribution in [0, 0.1) is 0 Å². The molecule has 0 bridgehead atoms. The summed E-state index contributed by atoms with van der Waals surface area (Å²) < 4.78 is 6.89. The molecule has 4 aromatic carbocycles. The zero-order chi connectivity index (χ0) is 32.5. The maximum atomic E-state index is 14.4. The number of ether oxygens (including phenoxy) is 1. The third kappa shape index (κ3) is 9.54. The number of carbonyl (C=O) groups excluding carboxylic acids is 2. The van der Waals surface area contributed by atoms with Crippen molar-refractivity contribution >= 4 is 27.9 Å². The molecule has 240 valence electrons. The first kappa shape index (κ1) is 33.4.